The highest BCUT2D eigenvalue weighted by atomic mass is 32.2. The van der Waals surface area contributed by atoms with E-state index < -0.39 is 0 Å². The molecule has 0 N–H and O–H groups in total. The molecule has 0 saturated carbocycles. The average molecular weight is 185 g/mol. The Morgan fingerprint density at radius 2 is 2.17 bits per heavy atom. The lowest BCUT2D eigenvalue weighted by Gasteiger charge is -2.10. The van der Waals surface area contributed by atoms with Crippen LogP contribution in [-0.4, -0.2) is 35.1 Å². The van der Waals surface area contributed by atoms with Gasteiger partial charge in [0.15, 0.2) is 0 Å². The number of nitrogens with zero attached hydrogens (tertiary/aromatic N) is 1. The molecule has 66 valence electrons. The van der Waals surface area contributed by atoms with Crippen molar-refractivity contribution >= 4 is 31.6 Å². The van der Waals surface area contributed by atoms with Crippen LogP contribution in [0.15, 0.2) is 0 Å². The summed E-state index contributed by atoms with van der Waals surface area (Å²) in [5.41, 5.74) is 0. The van der Waals surface area contributed by atoms with Crippen LogP contribution in [0.2, 0.25) is 0 Å². The first-order valence-electron chi connectivity index (χ1n) is 3.98. The largest absolute Gasteiger partial charge is 0.336 e. The molecule has 1 saturated heterocycles. The summed E-state index contributed by atoms with van der Waals surface area (Å²) in [6.45, 7) is 4.06. The normalized spacial score (nSPS) is 24.2. The van der Waals surface area contributed by atoms with Gasteiger partial charge in [0.1, 0.15) is 0 Å². The van der Waals surface area contributed by atoms with Gasteiger partial charge in [-0.25, -0.2) is 0 Å². The third-order valence-electron chi connectivity index (χ3n) is 1.78. The van der Waals surface area contributed by atoms with Crippen molar-refractivity contribution in [2.24, 2.45) is 0 Å². The van der Waals surface area contributed by atoms with Crippen molar-refractivity contribution in [1.29, 1.82) is 0 Å². The van der Waals surface area contributed by atoms with E-state index in [0.29, 0.717) is 11.7 Å². The number of thioether (sulfide) groups is 1. The first-order chi connectivity index (χ1) is 5.52. The standard InChI is InChI=1S/C7H12BNO2S/c1-4(2)12-5-3-6(10)9(8)7(5)11/h4-5H,3,8H2,1-2H3. The van der Waals surface area contributed by atoms with Crippen LogP contribution in [0.1, 0.15) is 20.3 Å². The zero-order valence-electron chi connectivity index (χ0n) is 7.53. The second kappa shape index (κ2) is 3.52. The van der Waals surface area contributed by atoms with E-state index in [9.17, 15) is 9.59 Å². The quantitative estimate of drug-likeness (QED) is 0.441. The van der Waals surface area contributed by atoms with Gasteiger partial charge in [0.2, 0.25) is 19.8 Å². The van der Waals surface area contributed by atoms with Crippen LogP contribution in [0.3, 0.4) is 0 Å². The first kappa shape index (κ1) is 9.64. The van der Waals surface area contributed by atoms with E-state index in [2.05, 4.69) is 0 Å². The maximum absolute atomic E-state index is 11.3. The number of carbonyl (C=O) groups is 2. The van der Waals surface area contributed by atoms with E-state index in [1.807, 2.05) is 13.8 Å². The van der Waals surface area contributed by atoms with Crippen molar-refractivity contribution in [2.45, 2.75) is 30.8 Å². The summed E-state index contributed by atoms with van der Waals surface area (Å²) in [5, 5.41) is 0.265. The summed E-state index contributed by atoms with van der Waals surface area (Å²) in [6, 6.07) is 0. The topological polar surface area (TPSA) is 37.4 Å². The van der Waals surface area contributed by atoms with Gasteiger partial charge in [0, 0.05) is 6.42 Å². The van der Waals surface area contributed by atoms with Crippen molar-refractivity contribution in [3.05, 3.63) is 0 Å². The van der Waals surface area contributed by atoms with Gasteiger partial charge in [-0.3, -0.25) is 9.59 Å². The predicted octanol–water partition coefficient (Wildman–Crippen LogP) is -0.196. The fourth-order valence-corrected chi connectivity index (χ4v) is 2.33. The molecule has 0 aromatic carbocycles. The highest BCUT2D eigenvalue weighted by molar-refractivity contribution is 8.01. The summed E-state index contributed by atoms with van der Waals surface area (Å²) < 4.78 is 0. The van der Waals surface area contributed by atoms with Crippen LogP contribution in [-0.2, 0) is 9.59 Å². The highest BCUT2D eigenvalue weighted by Gasteiger charge is 2.35. The molecule has 2 amide bonds. The maximum atomic E-state index is 11.3. The van der Waals surface area contributed by atoms with E-state index in [4.69, 9.17) is 0 Å². The van der Waals surface area contributed by atoms with Crippen LogP contribution in [0.25, 0.3) is 0 Å². The molecule has 12 heavy (non-hydrogen) atoms. The van der Waals surface area contributed by atoms with Gasteiger partial charge in [-0.1, -0.05) is 13.8 Å². The number of hydrogen-bond donors (Lipinski definition) is 0. The molecule has 1 atom stereocenters. The van der Waals surface area contributed by atoms with Crippen molar-refractivity contribution in [1.82, 2.24) is 4.81 Å². The smallest absolute Gasteiger partial charge is 0.231 e. The van der Waals surface area contributed by atoms with Crippen LogP contribution in [0.5, 0.6) is 0 Å². The monoisotopic (exact) mass is 185 g/mol. The molecular formula is C7H12BNO2S. The number of rotatable bonds is 2. The summed E-state index contributed by atoms with van der Waals surface area (Å²) in [6.07, 6.45) is 0.373. The second-order valence-corrected chi connectivity index (χ2v) is 4.95. The van der Waals surface area contributed by atoms with Gasteiger partial charge in [0.05, 0.1) is 5.25 Å². The van der Waals surface area contributed by atoms with Gasteiger partial charge >= 0.3 is 0 Å². The number of amides is 2. The second-order valence-electron chi connectivity index (χ2n) is 3.17. The molecule has 1 rings (SSSR count). The molecule has 0 aromatic rings. The molecule has 1 heterocycles. The molecule has 1 unspecified atom stereocenters. The Morgan fingerprint density at radius 3 is 2.50 bits per heavy atom. The molecule has 1 aliphatic rings. The molecule has 1 aliphatic heterocycles. The van der Waals surface area contributed by atoms with Crippen molar-refractivity contribution in [3.8, 4) is 0 Å². The van der Waals surface area contributed by atoms with Crippen molar-refractivity contribution < 1.29 is 9.59 Å². The lowest BCUT2D eigenvalue weighted by molar-refractivity contribution is -0.132. The molecule has 0 aromatic heterocycles. The van der Waals surface area contributed by atoms with Crippen LogP contribution in [0.4, 0.5) is 0 Å². The summed E-state index contributed by atoms with van der Waals surface area (Å²) in [7, 11) is 1.55. The summed E-state index contributed by atoms with van der Waals surface area (Å²) >= 11 is 1.57. The minimum Gasteiger partial charge on any atom is -0.336 e. The Balaban J connectivity index is 2.59. The van der Waals surface area contributed by atoms with E-state index in [0.717, 1.165) is 0 Å². The van der Waals surface area contributed by atoms with Crippen LogP contribution >= 0.6 is 11.8 Å². The molecule has 5 heteroatoms. The molecule has 0 spiro atoms. The number of imide groups is 1. The van der Waals surface area contributed by atoms with Gasteiger partial charge in [0.25, 0.3) is 0 Å². The van der Waals surface area contributed by atoms with Gasteiger partial charge in [-0.15, -0.1) is 11.8 Å². The minimum atomic E-state index is -0.137. The lowest BCUT2D eigenvalue weighted by atomic mass is 10.3. The maximum Gasteiger partial charge on any atom is 0.231 e. The zero-order chi connectivity index (χ0) is 9.30. The van der Waals surface area contributed by atoms with Gasteiger partial charge < -0.3 is 4.81 Å². The summed E-state index contributed by atoms with van der Waals surface area (Å²) in [5.74, 6) is -0.100. The first-order valence-corrected chi connectivity index (χ1v) is 4.92. The highest BCUT2D eigenvalue weighted by Crippen LogP contribution is 2.26. The van der Waals surface area contributed by atoms with Gasteiger partial charge in [-0.05, 0) is 5.25 Å². The van der Waals surface area contributed by atoms with E-state index in [1.165, 1.54) is 4.81 Å². The molecular weight excluding hydrogens is 173 g/mol. The number of carbonyl (C=O) groups excluding carboxylic acids is 2. The van der Waals surface area contributed by atoms with Crippen LogP contribution < -0.4 is 0 Å². The van der Waals surface area contributed by atoms with Crippen LogP contribution in [0, 0.1) is 0 Å². The Labute approximate surface area is 77.3 Å². The van der Waals surface area contributed by atoms with Gasteiger partial charge in [-0.2, -0.15) is 0 Å². The van der Waals surface area contributed by atoms with E-state index in [-0.39, 0.29) is 17.1 Å². The van der Waals surface area contributed by atoms with Crippen molar-refractivity contribution in [3.63, 3.8) is 0 Å². The Bertz CT molecular complexity index is 219. The molecule has 0 radical (unpaired) electrons. The average Bonchev–Trinajstić information content (AvgIpc) is 2.17. The molecule has 1 fully saturated rings. The van der Waals surface area contributed by atoms with E-state index in [1.54, 1.807) is 19.7 Å². The molecule has 3 nitrogen and oxygen atoms in total. The van der Waals surface area contributed by atoms with Crippen molar-refractivity contribution in [2.75, 3.05) is 0 Å². The SMILES string of the molecule is BN1C(=O)CC(SC(C)C)C1=O. The third kappa shape index (κ3) is 1.83. The fourth-order valence-electron chi connectivity index (χ4n) is 1.16. The van der Waals surface area contributed by atoms with E-state index >= 15 is 0 Å². The number of hydrogen-bond acceptors (Lipinski definition) is 3. The predicted molar refractivity (Wildman–Crippen MR) is 51.5 cm³/mol. The third-order valence-corrected chi connectivity index (χ3v) is 3.02. The minimum absolute atomic E-state index is 0.0429. The Morgan fingerprint density at radius 1 is 1.58 bits per heavy atom. The Hall–Kier alpha value is -0.445. The molecule has 0 aliphatic carbocycles. The lowest BCUT2D eigenvalue weighted by Crippen LogP contribution is -2.28. The molecule has 0 bridgehead atoms. The summed E-state index contributed by atoms with van der Waals surface area (Å²) in [4.78, 5) is 23.6. The zero-order valence-corrected chi connectivity index (χ0v) is 8.35. The fraction of sp³-hybridized carbons (Fsp3) is 0.714. The Kier molecular flexibility index (Phi) is 2.83.